The molecule has 21 heavy (non-hydrogen) atoms. The summed E-state index contributed by atoms with van der Waals surface area (Å²) in [4.78, 5) is 2.52. The summed E-state index contributed by atoms with van der Waals surface area (Å²) < 4.78 is 0. The zero-order chi connectivity index (χ0) is 15.2. The van der Waals surface area contributed by atoms with E-state index in [-0.39, 0.29) is 0 Å². The Hall–Kier alpha value is -0.860. The molecule has 0 spiro atoms. The fraction of sp³-hybridized carbons (Fsp3) is 0.684. The SMILES string of the molecule is CCCNC(CN(C)CC1CCC1)c1ccc(C)cc1C. The summed E-state index contributed by atoms with van der Waals surface area (Å²) in [6, 6.07) is 7.32. The van der Waals surface area contributed by atoms with E-state index in [2.05, 4.69) is 56.2 Å². The second-order valence-electron chi connectivity index (χ2n) is 6.88. The third kappa shape index (κ3) is 4.82. The number of hydrogen-bond acceptors (Lipinski definition) is 2. The van der Waals surface area contributed by atoms with E-state index in [1.165, 1.54) is 48.9 Å². The van der Waals surface area contributed by atoms with Gasteiger partial charge in [-0.05, 0) is 63.7 Å². The van der Waals surface area contributed by atoms with Gasteiger partial charge in [0.2, 0.25) is 0 Å². The van der Waals surface area contributed by atoms with Gasteiger partial charge in [-0.2, -0.15) is 0 Å². The molecule has 0 aromatic heterocycles. The van der Waals surface area contributed by atoms with E-state index in [0.717, 1.165) is 19.0 Å². The van der Waals surface area contributed by atoms with Crippen molar-refractivity contribution in [2.24, 2.45) is 5.92 Å². The maximum atomic E-state index is 3.74. The predicted octanol–water partition coefficient (Wildman–Crippen LogP) is 4.08. The molecule has 1 fully saturated rings. The van der Waals surface area contributed by atoms with Crippen LogP contribution in [-0.2, 0) is 0 Å². The number of hydrogen-bond donors (Lipinski definition) is 1. The maximum absolute atomic E-state index is 3.74. The molecule has 1 atom stereocenters. The molecule has 2 nitrogen and oxygen atoms in total. The molecule has 1 aliphatic carbocycles. The highest BCUT2D eigenvalue weighted by Gasteiger charge is 2.21. The van der Waals surface area contributed by atoms with Crippen LogP contribution in [0.2, 0.25) is 0 Å². The van der Waals surface area contributed by atoms with Gasteiger partial charge >= 0.3 is 0 Å². The van der Waals surface area contributed by atoms with Crippen LogP contribution in [0.25, 0.3) is 0 Å². The Labute approximate surface area is 130 Å². The van der Waals surface area contributed by atoms with Crippen LogP contribution in [0, 0.1) is 19.8 Å². The quantitative estimate of drug-likeness (QED) is 0.775. The van der Waals surface area contributed by atoms with Gasteiger partial charge in [0, 0.05) is 19.1 Å². The number of benzene rings is 1. The molecule has 0 saturated heterocycles. The van der Waals surface area contributed by atoms with Crippen LogP contribution in [0.5, 0.6) is 0 Å². The van der Waals surface area contributed by atoms with Gasteiger partial charge in [0.05, 0.1) is 0 Å². The highest BCUT2D eigenvalue weighted by molar-refractivity contribution is 5.33. The lowest BCUT2D eigenvalue weighted by Crippen LogP contribution is -2.37. The Morgan fingerprint density at radius 2 is 2.05 bits per heavy atom. The molecule has 2 rings (SSSR count). The molecular weight excluding hydrogens is 256 g/mol. The normalized spacial score (nSPS) is 17.0. The summed E-state index contributed by atoms with van der Waals surface area (Å²) in [6.07, 6.45) is 5.49. The average Bonchev–Trinajstić information content (AvgIpc) is 2.39. The molecule has 1 aliphatic rings. The van der Waals surface area contributed by atoms with E-state index in [9.17, 15) is 0 Å². The topological polar surface area (TPSA) is 15.3 Å². The monoisotopic (exact) mass is 288 g/mol. The van der Waals surface area contributed by atoms with Gasteiger partial charge in [0.15, 0.2) is 0 Å². The molecule has 0 heterocycles. The molecule has 1 saturated carbocycles. The molecule has 0 amide bonds. The second-order valence-corrected chi connectivity index (χ2v) is 6.88. The van der Waals surface area contributed by atoms with Gasteiger partial charge < -0.3 is 10.2 Å². The van der Waals surface area contributed by atoms with Crippen LogP contribution < -0.4 is 5.32 Å². The van der Waals surface area contributed by atoms with Crippen LogP contribution >= 0.6 is 0 Å². The number of nitrogens with one attached hydrogen (secondary N) is 1. The molecule has 1 unspecified atom stereocenters. The molecule has 0 radical (unpaired) electrons. The highest BCUT2D eigenvalue weighted by atomic mass is 15.1. The van der Waals surface area contributed by atoms with Gasteiger partial charge in [-0.1, -0.05) is 37.1 Å². The zero-order valence-corrected chi connectivity index (χ0v) is 14.3. The van der Waals surface area contributed by atoms with Gasteiger partial charge in [-0.25, -0.2) is 0 Å². The Morgan fingerprint density at radius 3 is 2.62 bits per heavy atom. The minimum Gasteiger partial charge on any atom is -0.309 e. The largest absolute Gasteiger partial charge is 0.309 e. The average molecular weight is 288 g/mol. The smallest absolute Gasteiger partial charge is 0.0451 e. The third-order valence-electron chi connectivity index (χ3n) is 4.73. The molecule has 1 aromatic rings. The van der Waals surface area contributed by atoms with Crippen LogP contribution in [-0.4, -0.2) is 31.6 Å². The summed E-state index contributed by atoms with van der Waals surface area (Å²) in [6.45, 7) is 10.1. The highest BCUT2D eigenvalue weighted by Crippen LogP contribution is 2.27. The molecule has 0 aliphatic heterocycles. The Balaban J connectivity index is 2.01. The number of rotatable bonds is 8. The van der Waals surface area contributed by atoms with Crippen molar-refractivity contribution in [3.8, 4) is 0 Å². The van der Waals surface area contributed by atoms with Crippen molar-refractivity contribution in [3.63, 3.8) is 0 Å². The first-order valence-corrected chi connectivity index (χ1v) is 8.59. The van der Waals surface area contributed by atoms with Crippen molar-refractivity contribution in [1.29, 1.82) is 0 Å². The molecule has 1 N–H and O–H groups in total. The summed E-state index contributed by atoms with van der Waals surface area (Å²) in [5, 5.41) is 3.74. The second kappa shape index (κ2) is 7.95. The van der Waals surface area contributed by atoms with Crippen LogP contribution in [0.3, 0.4) is 0 Å². The van der Waals surface area contributed by atoms with E-state index < -0.39 is 0 Å². The number of aryl methyl sites for hydroxylation is 2. The fourth-order valence-electron chi connectivity index (χ4n) is 3.31. The first-order chi connectivity index (χ1) is 10.1. The molecule has 118 valence electrons. The van der Waals surface area contributed by atoms with Gasteiger partial charge in [-0.3, -0.25) is 0 Å². The van der Waals surface area contributed by atoms with Crippen molar-refractivity contribution in [3.05, 3.63) is 34.9 Å². The lowest BCUT2D eigenvalue weighted by Gasteiger charge is -2.33. The molecule has 0 bridgehead atoms. The van der Waals surface area contributed by atoms with Crippen molar-refractivity contribution in [2.45, 2.75) is 52.5 Å². The Bertz CT molecular complexity index is 437. The lowest BCUT2D eigenvalue weighted by atomic mass is 9.85. The molecule has 2 heteroatoms. The number of nitrogens with zero attached hydrogens (tertiary/aromatic N) is 1. The minimum atomic E-state index is 0.454. The van der Waals surface area contributed by atoms with E-state index >= 15 is 0 Å². The molecule has 1 aromatic carbocycles. The fourth-order valence-corrected chi connectivity index (χ4v) is 3.31. The first-order valence-electron chi connectivity index (χ1n) is 8.59. The third-order valence-corrected chi connectivity index (χ3v) is 4.73. The zero-order valence-electron chi connectivity index (χ0n) is 14.3. The van der Waals surface area contributed by atoms with Crippen molar-refractivity contribution >= 4 is 0 Å². The lowest BCUT2D eigenvalue weighted by molar-refractivity contribution is 0.191. The van der Waals surface area contributed by atoms with Crippen molar-refractivity contribution < 1.29 is 0 Å². The van der Waals surface area contributed by atoms with Gasteiger partial charge in [0.25, 0.3) is 0 Å². The first kappa shape index (κ1) is 16.5. The Morgan fingerprint density at radius 1 is 1.29 bits per heavy atom. The van der Waals surface area contributed by atoms with Gasteiger partial charge in [0.1, 0.15) is 0 Å². The van der Waals surface area contributed by atoms with E-state index in [4.69, 9.17) is 0 Å². The molecular formula is C19H32N2. The van der Waals surface area contributed by atoms with Crippen LogP contribution in [0.1, 0.15) is 55.3 Å². The Kier molecular flexibility index (Phi) is 6.25. The van der Waals surface area contributed by atoms with E-state index in [0.29, 0.717) is 6.04 Å². The summed E-state index contributed by atoms with van der Waals surface area (Å²) >= 11 is 0. The standard InChI is InChI=1S/C19H32N2/c1-5-11-20-19(14-21(4)13-17-7-6-8-17)18-10-9-15(2)12-16(18)3/h9-10,12,17,19-20H,5-8,11,13-14H2,1-4H3. The van der Waals surface area contributed by atoms with Gasteiger partial charge in [-0.15, -0.1) is 0 Å². The summed E-state index contributed by atoms with van der Waals surface area (Å²) in [5.41, 5.74) is 4.24. The maximum Gasteiger partial charge on any atom is 0.0451 e. The van der Waals surface area contributed by atoms with Crippen molar-refractivity contribution in [2.75, 3.05) is 26.7 Å². The summed E-state index contributed by atoms with van der Waals surface area (Å²) in [7, 11) is 2.28. The van der Waals surface area contributed by atoms with E-state index in [1.54, 1.807) is 0 Å². The van der Waals surface area contributed by atoms with Crippen LogP contribution in [0.4, 0.5) is 0 Å². The van der Waals surface area contributed by atoms with Crippen LogP contribution in [0.15, 0.2) is 18.2 Å². The summed E-state index contributed by atoms with van der Waals surface area (Å²) in [5.74, 6) is 0.945. The van der Waals surface area contributed by atoms with E-state index in [1.807, 2.05) is 0 Å². The van der Waals surface area contributed by atoms with Crippen molar-refractivity contribution in [1.82, 2.24) is 10.2 Å². The number of likely N-dealkylation sites (N-methyl/N-ethyl adjacent to an activating group) is 1. The predicted molar refractivity (Wildman–Crippen MR) is 91.8 cm³/mol. The minimum absolute atomic E-state index is 0.454.